The topological polar surface area (TPSA) is 57.9 Å². The lowest BCUT2D eigenvalue weighted by Gasteiger charge is -2.23. The van der Waals surface area contributed by atoms with E-state index in [9.17, 15) is 9.59 Å². The molecule has 0 radical (unpaired) electrons. The van der Waals surface area contributed by atoms with E-state index in [0.29, 0.717) is 18.5 Å². The van der Waals surface area contributed by atoms with E-state index in [1.54, 1.807) is 28.9 Å². The summed E-state index contributed by atoms with van der Waals surface area (Å²) in [5.74, 6) is -0.229. The monoisotopic (exact) mass is 334 g/mol. The Morgan fingerprint density at radius 2 is 1.92 bits per heavy atom. The number of rotatable bonds is 3. The summed E-state index contributed by atoms with van der Waals surface area (Å²) in [7, 11) is 1.69. The van der Waals surface area contributed by atoms with Crippen molar-refractivity contribution in [1.82, 2.24) is 14.5 Å². The number of anilines is 1. The molecule has 2 aromatic heterocycles. The van der Waals surface area contributed by atoms with E-state index in [-0.39, 0.29) is 11.8 Å². The van der Waals surface area contributed by atoms with Gasteiger partial charge in [-0.15, -0.1) is 0 Å². The predicted molar refractivity (Wildman–Crippen MR) is 94.5 cm³/mol. The molecule has 1 fully saturated rings. The molecule has 1 aliphatic heterocycles. The fraction of sp³-hybridized carbons (Fsp3) is 0.211. The molecule has 3 heterocycles. The Labute approximate surface area is 145 Å². The summed E-state index contributed by atoms with van der Waals surface area (Å²) in [5, 5.41) is 4.20. The van der Waals surface area contributed by atoms with Gasteiger partial charge in [0.1, 0.15) is 6.04 Å². The average Bonchev–Trinajstić information content (AvgIpc) is 3.25. The second kappa shape index (κ2) is 6.05. The van der Waals surface area contributed by atoms with Gasteiger partial charge in [0.25, 0.3) is 5.91 Å². The van der Waals surface area contributed by atoms with Crippen molar-refractivity contribution in [3.05, 3.63) is 66.5 Å². The third-order valence-electron chi connectivity index (χ3n) is 4.69. The van der Waals surface area contributed by atoms with Gasteiger partial charge >= 0.3 is 0 Å². The van der Waals surface area contributed by atoms with Crippen molar-refractivity contribution in [2.24, 2.45) is 0 Å². The summed E-state index contributed by atoms with van der Waals surface area (Å²) in [6.07, 6.45) is 3.97. The summed E-state index contributed by atoms with van der Waals surface area (Å²) < 4.78 is 1.66. The highest BCUT2D eigenvalue weighted by atomic mass is 16.2. The van der Waals surface area contributed by atoms with Gasteiger partial charge in [-0.05, 0) is 30.7 Å². The molecule has 0 N–H and O–H groups in total. The summed E-state index contributed by atoms with van der Waals surface area (Å²) in [6, 6.07) is 14.7. The lowest BCUT2D eigenvalue weighted by molar-refractivity contribution is -0.120. The Kier molecular flexibility index (Phi) is 3.72. The molecule has 0 unspecified atom stereocenters. The van der Waals surface area contributed by atoms with Crippen LogP contribution in [0.25, 0.3) is 5.52 Å². The van der Waals surface area contributed by atoms with Crippen LogP contribution in [0.1, 0.15) is 16.8 Å². The number of benzene rings is 1. The van der Waals surface area contributed by atoms with Crippen LogP contribution in [0.3, 0.4) is 0 Å². The maximum absolute atomic E-state index is 12.9. The number of hydrogen-bond acceptors (Lipinski definition) is 3. The molecule has 1 aliphatic rings. The van der Waals surface area contributed by atoms with Crippen molar-refractivity contribution in [2.75, 3.05) is 18.5 Å². The number of hydrogen-bond donors (Lipinski definition) is 0. The zero-order valence-corrected chi connectivity index (χ0v) is 13.9. The molecule has 1 saturated heterocycles. The number of fused-ring (bicyclic) bond motifs is 1. The predicted octanol–water partition coefficient (Wildman–Crippen LogP) is 2.21. The smallest absolute Gasteiger partial charge is 0.258 e. The van der Waals surface area contributed by atoms with E-state index in [1.807, 2.05) is 48.5 Å². The molecule has 3 aromatic rings. The molecule has 0 aliphatic carbocycles. The van der Waals surface area contributed by atoms with Gasteiger partial charge in [-0.3, -0.25) is 9.59 Å². The third kappa shape index (κ3) is 2.55. The van der Waals surface area contributed by atoms with Crippen molar-refractivity contribution in [2.45, 2.75) is 12.5 Å². The molecular weight excluding hydrogens is 316 g/mol. The van der Waals surface area contributed by atoms with E-state index < -0.39 is 6.04 Å². The molecule has 1 atom stereocenters. The van der Waals surface area contributed by atoms with Gasteiger partial charge in [0.15, 0.2) is 0 Å². The molecule has 25 heavy (non-hydrogen) atoms. The minimum Gasteiger partial charge on any atom is -0.329 e. The van der Waals surface area contributed by atoms with Gasteiger partial charge in [-0.2, -0.15) is 5.10 Å². The van der Waals surface area contributed by atoms with E-state index >= 15 is 0 Å². The highest BCUT2D eigenvalue weighted by Crippen LogP contribution is 2.25. The second-order valence-electron chi connectivity index (χ2n) is 6.13. The molecule has 6 nitrogen and oxygen atoms in total. The van der Waals surface area contributed by atoms with Gasteiger partial charge in [0.2, 0.25) is 5.91 Å². The van der Waals surface area contributed by atoms with Crippen molar-refractivity contribution in [1.29, 1.82) is 0 Å². The van der Waals surface area contributed by atoms with E-state index in [2.05, 4.69) is 5.10 Å². The molecule has 6 heteroatoms. The van der Waals surface area contributed by atoms with Crippen LogP contribution in [0, 0.1) is 0 Å². The van der Waals surface area contributed by atoms with Crippen molar-refractivity contribution in [3.63, 3.8) is 0 Å². The van der Waals surface area contributed by atoms with Gasteiger partial charge in [0, 0.05) is 25.5 Å². The quantitative estimate of drug-likeness (QED) is 0.738. The number of carbonyl (C=O) groups excluding carboxylic acids is 2. The first-order chi connectivity index (χ1) is 12.2. The van der Waals surface area contributed by atoms with E-state index in [4.69, 9.17) is 0 Å². The SMILES string of the molecule is CN(C(=O)c1cnn2ccccc12)[C@H]1CCN(c2ccccc2)C1=O. The molecular formula is C19H18N4O2. The number of amides is 2. The molecule has 126 valence electrons. The van der Waals surface area contributed by atoms with E-state index in [0.717, 1.165) is 11.2 Å². The minimum atomic E-state index is -0.452. The highest BCUT2D eigenvalue weighted by Gasteiger charge is 2.37. The largest absolute Gasteiger partial charge is 0.329 e. The van der Waals surface area contributed by atoms with Gasteiger partial charge in [0.05, 0.1) is 17.3 Å². The summed E-state index contributed by atoms with van der Waals surface area (Å²) >= 11 is 0. The fourth-order valence-corrected chi connectivity index (χ4v) is 3.32. The number of nitrogens with zero attached hydrogens (tertiary/aromatic N) is 4. The lowest BCUT2D eigenvalue weighted by atomic mass is 10.1. The number of aromatic nitrogens is 2. The van der Waals surface area contributed by atoms with Gasteiger partial charge in [-0.25, -0.2) is 4.52 Å². The van der Waals surface area contributed by atoms with Crippen LogP contribution in [0.15, 0.2) is 60.9 Å². The van der Waals surface area contributed by atoms with Crippen LogP contribution in [-0.4, -0.2) is 46.0 Å². The van der Waals surface area contributed by atoms with Gasteiger partial charge in [-0.1, -0.05) is 24.3 Å². The highest BCUT2D eigenvalue weighted by molar-refractivity contribution is 6.06. The number of likely N-dealkylation sites (N-methyl/N-ethyl adjacent to an activating group) is 1. The van der Waals surface area contributed by atoms with Gasteiger partial charge < -0.3 is 9.80 Å². The number of para-hydroxylation sites is 1. The third-order valence-corrected chi connectivity index (χ3v) is 4.69. The maximum atomic E-state index is 12.9. The fourth-order valence-electron chi connectivity index (χ4n) is 3.32. The Morgan fingerprint density at radius 1 is 1.16 bits per heavy atom. The maximum Gasteiger partial charge on any atom is 0.258 e. The van der Waals surface area contributed by atoms with Crippen molar-refractivity contribution < 1.29 is 9.59 Å². The summed E-state index contributed by atoms with van der Waals surface area (Å²) in [6.45, 7) is 0.611. The van der Waals surface area contributed by atoms with Crippen LogP contribution in [0.2, 0.25) is 0 Å². The van der Waals surface area contributed by atoms with Crippen LogP contribution in [0.5, 0.6) is 0 Å². The zero-order valence-electron chi connectivity index (χ0n) is 13.9. The van der Waals surface area contributed by atoms with Crippen molar-refractivity contribution >= 4 is 23.0 Å². The molecule has 1 aromatic carbocycles. The number of pyridine rings is 1. The summed E-state index contributed by atoms with van der Waals surface area (Å²) in [4.78, 5) is 29.0. The van der Waals surface area contributed by atoms with Crippen LogP contribution >= 0.6 is 0 Å². The Hall–Kier alpha value is -3.15. The Bertz CT molecular complexity index is 935. The van der Waals surface area contributed by atoms with Crippen molar-refractivity contribution in [3.8, 4) is 0 Å². The van der Waals surface area contributed by atoms with Crippen LogP contribution in [0.4, 0.5) is 5.69 Å². The zero-order chi connectivity index (χ0) is 17.4. The number of carbonyl (C=O) groups is 2. The summed E-state index contributed by atoms with van der Waals surface area (Å²) in [5.41, 5.74) is 2.12. The first-order valence-corrected chi connectivity index (χ1v) is 8.23. The van der Waals surface area contributed by atoms with Crippen LogP contribution < -0.4 is 4.90 Å². The first-order valence-electron chi connectivity index (χ1n) is 8.23. The molecule has 2 amide bonds. The molecule has 0 saturated carbocycles. The average molecular weight is 334 g/mol. The minimum absolute atomic E-state index is 0.0430. The van der Waals surface area contributed by atoms with E-state index in [1.165, 1.54) is 4.90 Å². The molecule has 4 rings (SSSR count). The lowest BCUT2D eigenvalue weighted by Crippen LogP contribution is -2.43. The Balaban J connectivity index is 1.58. The van der Waals surface area contributed by atoms with Crippen LogP contribution in [-0.2, 0) is 4.79 Å². The molecule has 0 spiro atoms. The molecule has 0 bridgehead atoms. The first kappa shape index (κ1) is 15.4. The second-order valence-corrected chi connectivity index (χ2v) is 6.13. The standard InChI is InChI=1S/C19H18N4O2/c1-21(18(24)15-13-20-23-11-6-5-9-16(15)23)17-10-12-22(19(17)25)14-7-3-2-4-8-14/h2-9,11,13,17H,10,12H2,1H3/t17-/m0/s1. The normalized spacial score (nSPS) is 17.2. The Morgan fingerprint density at radius 3 is 2.72 bits per heavy atom.